The van der Waals surface area contributed by atoms with Gasteiger partial charge in [-0.3, -0.25) is 14.9 Å². The number of nitro groups is 1. The number of hydrogen-bond acceptors (Lipinski definition) is 7. The van der Waals surface area contributed by atoms with E-state index in [4.69, 9.17) is 9.47 Å². The molecule has 1 heterocycles. The molecule has 9 heteroatoms. The molecule has 0 N–H and O–H groups in total. The van der Waals surface area contributed by atoms with Crippen molar-refractivity contribution in [3.05, 3.63) is 64.2 Å². The lowest BCUT2D eigenvalue weighted by Crippen LogP contribution is -2.34. The zero-order valence-corrected chi connectivity index (χ0v) is 15.0. The zero-order valence-electron chi connectivity index (χ0n) is 15.0. The molecule has 1 aliphatic rings. The number of non-ortho nitro benzene ring substituents is 1. The number of methoxy groups -OCH3 is 1. The van der Waals surface area contributed by atoms with E-state index in [1.807, 2.05) is 6.07 Å². The second-order valence-corrected chi connectivity index (χ2v) is 5.92. The van der Waals surface area contributed by atoms with Crippen molar-refractivity contribution in [1.29, 1.82) is 0 Å². The molecule has 28 heavy (non-hydrogen) atoms. The normalized spacial score (nSPS) is 13.7. The number of hydrazone groups is 1. The third-order valence-corrected chi connectivity index (χ3v) is 4.10. The first-order chi connectivity index (χ1) is 13.5. The first kappa shape index (κ1) is 19.0. The summed E-state index contributed by atoms with van der Waals surface area (Å²) in [4.78, 5) is 34.9. The lowest BCUT2D eigenvalue weighted by molar-refractivity contribution is -0.385. The molecular weight excluding hydrogens is 366 g/mol. The molecule has 2 aromatic carbocycles. The van der Waals surface area contributed by atoms with Gasteiger partial charge in [0.1, 0.15) is 18.1 Å². The first-order valence-electron chi connectivity index (χ1n) is 8.43. The van der Waals surface area contributed by atoms with Gasteiger partial charge in [-0.25, -0.2) is 9.80 Å². The fraction of sp³-hybridized carbons (Fsp3) is 0.211. The molecule has 2 aromatic rings. The summed E-state index contributed by atoms with van der Waals surface area (Å²) in [6.45, 7) is -0.220. The highest BCUT2D eigenvalue weighted by molar-refractivity contribution is 6.37. The summed E-state index contributed by atoms with van der Waals surface area (Å²) in [5.41, 5.74) is 0.880. The van der Waals surface area contributed by atoms with Gasteiger partial charge in [-0.15, -0.1) is 0 Å². The average Bonchev–Trinajstić information content (AvgIpc) is 2.72. The predicted octanol–water partition coefficient (Wildman–Crippen LogP) is 2.83. The van der Waals surface area contributed by atoms with Crippen molar-refractivity contribution in [3.8, 4) is 5.75 Å². The van der Waals surface area contributed by atoms with Crippen molar-refractivity contribution in [3.63, 3.8) is 0 Å². The van der Waals surface area contributed by atoms with Gasteiger partial charge in [0.05, 0.1) is 17.7 Å². The van der Waals surface area contributed by atoms with Gasteiger partial charge in [0.2, 0.25) is 5.91 Å². The highest BCUT2D eigenvalue weighted by atomic mass is 16.6. The Balaban J connectivity index is 1.75. The molecule has 0 atom stereocenters. The van der Waals surface area contributed by atoms with Crippen LogP contribution in [0.5, 0.6) is 5.75 Å². The maximum atomic E-state index is 12.4. The monoisotopic (exact) mass is 383 g/mol. The zero-order chi connectivity index (χ0) is 20.1. The molecule has 0 saturated heterocycles. The van der Waals surface area contributed by atoms with Gasteiger partial charge in [0, 0.05) is 30.5 Å². The molecule has 1 aliphatic heterocycles. The van der Waals surface area contributed by atoms with Gasteiger partial charge >= 0.3 is 5.97 Å². The number of nitrogens with zero attached hydrogens (tertiary/aromatic N) is 3. The van der Waals surface area contributed by atoms with Gasteiger partial charge in [-0.1, -0.05) is 18.2 Å². The molecule has 0 bridgehead atoms. The van der Waals surface area contributed by atoms with E-state index in [-0.39, 0.29) is 36.8 Å². The van der Waals surface area contributed by atoms with E-state index in [1.165, 1.54) is 30.3 Å². The van der Waals surface area contributed by atoms with Crippen molar-refractivity contribution in [2.24, 2.45) is 5.10 Å². The number of hydrogen-bond donors (Lipinski definition) is 0. The number of rotatable bonds is 6. The number of amides is 1. The summed E-state index contributed by atoms with van der Waals surface area (Å²) in [5, 5.41) is 16.2. The Morgan fingerprint density at radius 3 is 2.64 bits per heavy atom. The highest BCUT2D eigenvalue weighted by Gasteiger charge is 2.26. The average molecular weight is 383 g/mol. The molecule has 3 rings (SSSR count). The summed E-state index contributed by atoms with van der Waals surface area (Å²) in [6.07, 6.45) is 0.288. The van der Waals surface area contributed by atoms with Gasteiger partial charge in [-0.2, -0.15) is 5.10 Å². The first-order valence-corrected chi connectivity index (χ1v) is 8.43. The summed E-state index contributed by atoms with van der Waals surface area (Å²) >= 11 is 0. The molecular formula is C19H17N3O6. The van der Waals surface area contributed by atoms with Crippen LogP contribution in [0.1, 0.15) is 18.4 Å². The smallest absolute Gasteiger partial charge is 0.354 e. The van der Waals surface area contributed by atoms with E-state index < -0.39 is 10.9 Å². The van der Waals surface area contributed by atoms with Crippen LogP contribution in [0.4, 0.5) is 11.4 Å². The van der Waals surface area contributed by atoms with Crippen LogP contribution in [0.15, 0.2) is 53.6 Å². The molecule has 0 saturated carbocycles. The third kappa shape index (κ3) is 4.14. The fourth-order valence-corrected chi connectivity index (χ4v) is 2.69. The molecule has 0 radical (unpaired) electrons. The Kier molecular flexibility index (Phi) is 5.64. The lowest BCUT2D eigenvalue weighted by Gasteiger charge is -2.22. The van der Waals surface area contributed by atoms with Crippen LogP contribution in [0.2, 0.25) is 0 Å². The topological polar surface area (TPSA) is 111 Å². The molecule has 0 unspecified atom stereocenters. The standard InChI is InChI=1S/C19H17N3O6/c1-27-17-9-7-15(22(25)26)11-13(17)12-28-19(24)16-8-10-18(23)21(20-16)14-5-3-2-4-6-14/h2-7,9,11H,8,10,12H2,1H3. The molecule has 0 spiro atoms. The molecule has 0 fully saturated rings. The number of nitro benzene ring substituents is 1. The molecule has 1 amide bonds. The van der Waals surface area contributed by atoms with Gasteiger partial charge in [-0.05, 0) is 18.2 Å². The number of carbonyl (C=O) groups excluding carboxylic acids is 2. The van der Waals surface area contributed by atoms with Crippen LogP contribution in [0.3, 0.4) is 0 Å². The number of benzene rings is 2. The van der Waals surface area contributed by atoms with Gasteiger partial charge in [0.15, 0.2) is 0 Å². The fourth-order valence-electron chi connectivity index (χ4n) is 2.69. The summed E-state index contributed by atoms with van der Waals surface area (Å²) in [6, 6.07) is 12.8. The van der Waals surface area contributed by atoms with Crippen LogP contribution < -0.4 is 9.75 Å². The van der Waals surface area contributed by atoms with E-state index in [2.05, 4.69) is 5.10 Å². The maximum absolute atomic E-state index is 12.4. The third-order valence-electron chi connectivity index (χ3n) is 4.10. The van der Waals surface area contributed by atoms with Crippen LogP contribution in [0, 0.1) is 10.1 Å². The molecule has 9 nitrogen and oxygen atoms in total. The van der Waals surface area contributed by atoms with Crippen LogP contribution in [-0.2, 0) is 20.9 Å². The largest absolute Gasteiger partial charge is 0.496 e. The number of esters is 1. The van der Waals surface area contributed by atoms with E-state index >= 15 is 0 Å². The van der Waals surface area contributed by atoms with E-state index in [0.29, 0.717) is 17.0 Å². The Morgan fingerprint density at radius 1 is 1.21 bits per heavy atom. The Labute approximate surface area is 160 Å². The van der Waals surface area contributed by atoms with Crippen molar-refractivity contribution in [1.82, 2.24) is 0 Å². The minimum absolute atomic E-state index is 0.104. The quantitative estimate of drug-likeness (QED) is 0.431. The molecule has 0 aliphatic carbocycles. The van der Waals surface area contributed by atoms with Gasteiger partial charge < -0.3 is 9.47 Å². The van der Waals surface area contributed by atoms with Crippen molar-refractivity contribution < 1.29 is 24.0 Å². The van der Waals surface area contributed by atoms with E-state index in [9.17, 15) is 19.7 Å². The highest BCUT2D eigenvalue weighted by Crippen LogP contribution is 2.25. The summed E-state index contributed by atoms with van der Waals surface area (Å²) in [7, 11) is 1.42. The number of anilines is 1. The SMILES string of the molecule is COc1ccc([N+](=O)[O-])cc1COC(=O)C1=NN(c2ccccc2)C(=O)CC1. The van der Waals surface area contributed by atoms with Crippen LogP contribution >= 0.6 is 0 Å². The van der Waals surface area contributed by atoms with E-state index in [1.54, 1.807) is 24.3 Å². The van der Waals surface area contributed by atoms with Gasteiger partial charge in [0.25, 0.3) is 5.69 Å². The Bertz CT molecular complexity index is 942. The minimum Gasteiger partial charge on any atom is -0.496 e. The molecule has 144 valence electrons. The second-order valence-electron chi connectivity index (χ2n) is 5.92. The summed E-state index contributed by atoms with van der Waals surface area (Å²) in [5.74, 6) is -0.546. The van der Waals surface area contributed by atoms with Crippen molar-refractivity contribution in [2.75, 3.05) is 12.1 Å². The number of para-hydroxylation sites is 1. The summed E-state index contributed by atoms with van der Waals surface area (Å²) < 4.78 is 10.4. The maximum Gasteiger partial charge on any atom is 0.354 e. The Morgan fingerprint density at radius 2 is 1.96 bits per heavy atom. The number of ether oxygens (including phenoxy) is 2. The Hall–Kier alpha value is -3.75. The van der Waals surface area contributed by atoms with Crippen LogP contribution in [-0.4, -0.2) is 29.6 Å². The minimum atomic E-state index is -0.693. The van der Waals surface area contributed by atoms with Crippen molar-refractivity contribution in [2.45, 2.75) is 19.4 Å². The number of carbonyl (C=O) groups is 2. The van der Waals surface area contributed by atoms with E-state index in [0.717, 1.165) is 0 Å². The van der Waals surface area contributed by atoms with Crippen molar-refractivity contribution >= 4 is 29.0 Å². The lowest BCUT2D eigenvalue weighted by atomic mass is 10.1. The molecule has 0 aromatic heterocycles. The predicted molar refractivity (Wildman–Crippen MR) is 100 cm³/mol. The second kappa shape index (κ2) is 8.30. The van der Waals surface area contributed by atoms with Crippen LogP contribution in [0.25, 0.3) is 0 Å².